The van der Waals surface area contributed by atoms with E-state index in [9.17, 15) is 9.59 Å². The van der Waals surface area contributed by atoms with Crippen molar-refractivity contribution in [1.29, 1.82) is 0 Å². The number of halogens is 1. The van der Waals surface area contributed by atoms with Gasteiger partial charge in [-0.3, -0.25) is 9.59 Å². The molecule has 4 nitrogen and oxygen atoms in total. The maximum Gasteiger partial charge on any atom is 0.243 e. The third-order valence-electron chi connectivity index (χ3n) is 5.42. The lowest BCUT2D eigenvalue weighted by molar-refractivity contribution is -0.140. The van der Waals surface area contributed by atoms with Gasteiger partial charge in [0, 0.05) is 28.4 Å². The Morgan fingerprint density at radius 1 is 0.914 bits per heavy atom. The average molecular weight is 509 g/mol. The number of carbonyl (C=O) groups excluding carboxylic acids is 2. The van der Waals surface area contributed by atoms with Crippen molar-refractivity contribution in [3.63, 3.8) is 0 Å². The summed E-state index contributed by atoms with van der Waals surface area (Å²) in [6.45, 7) is 8.20. The molecule has 0 heterocycles. The molecular formula is C29H33ClN2O2S. The van der Waals surface area contributed by atoms with Crippen LogP contribution in [-0.2, 0) is 22.6 Å². The molecule has 0 aliphatic rings. The molecule has 0 saturated heterocycles. The third-order valence-corrected chi connectivity index (χ3v) is 6.67. The van der Waals surface area contributed by atoms with Crippen molar-refractivity contribution >= 4 is 35.2 Å². The number of aryl methyl sites for hydroxylation is 1. The van der Waals surface area contributed by atoms with Gasteiger partial charge in [0.25, 0.3) is 0 Å². The van der Waals surface area contributed by atoms with Crippen molar-refractivity contribution in [3.8, 4) is 0 Å². The Balaban J connectivity index is 1.91. The standard InChI is InChI=1S/C29H33ClN2O2S/c1-21-10-16-25(17-11-21)35-20-27(33)32(19-23-12-14-24(30)15-13-23)26(28(34)31-29(2,3)4)18-22-8-6-5-7-9-22/h5-17,26H,18-20H2,1-4H3,(H,31,34)/t26-/m1/s1. The SMILES string of the molecule is Cc1ccc(SCC(=O)N(Cc2ccc(Cl)cc2)[C@H](Cc2ccccc2)C(=O)NC(C)(C)C)cc1. The highest BCUT2D eigenvalue weighted by Gasteiger charge is 2.32. The molecule has 0 bridgehead atoms. The Labute approximate surface area is 218 Å². The summed E-state index contributed by atoms with van der Waals surface area (Å²) in [7, 11) is 0. The molecule has 3 aromatic carbocycles. The van der Waals surface area contributed by atoms with E-state index in [1.165, 1.54) is 17.3 Å². The first kappa shape index (κ1) is 26.8. The second-order valence-corrected chi connectivity index (χ2v) is 11.2. The Kier molecular flexibility index (Phi) is 9.41. The minimum absolute atomic E-state index is 0.0875. The number of hydrogen-bond acceptors (Lipinski definition) is 3. The molecule has 0 unspecified atom stereocenters. The van der Waals surface area contributed by atoms with Gasteiger partial charge in [0.1, 0.15) is 6.04 Å². The summed E-state index contributed by atoms with van der Waals surface area (Å²) in [5.41, 5.74) is 2.68. The van der Waals surface area contributed by atoms with Gasteiger partial charge in [-0.05, 0) is 63.1 Å². The number of benzene rings is 3. The van der Waals surface area contributed by atoms with E-state index in [-0.39, 0.29) is 17.6 Å². The molecule has 3 rings (SSSR count). The van der Waals surface area contributed by atoms with E-state index < -0.39 is 11.6 Å². The molecule has 2 amide bonds. The van der Waals surface area contributed by atoms with Crippen molar-refractivity contribution in [2.45, 2.75) is 57.1 Å². The van der Waals surface area contributed by atoms with Crippen molar-refractivity contribution in [2.24, 2.45) is 0 Å². The lowest BCUT2D eigenvalue weighted by Gasteiger charge is -2.34. The first-order valence-corrected chi connectivity index (χ1v) is 13.1. The van der Waals surface area contributed by atoms with Gasteiger partial charge in [-0.2, -0.15) is 0 Å². The highest BCUT2D eigenvalue weighted by molar-refractivity contribution is 8.00. The van der Waals surface area contributed by atoms with Crippen LogP contribution in [-0.4, -0.2) is 34.0 Å². The fourth-order valence-corrected chi connectivity index (χ4v) is 4.57. The number of rotatable bonds is 9. The van der Waals surface area contributed by atoms with Crippen LogP contribution >= 0.6 is 23.4 Å². The van der Waals surface area contributed by atoms with Gasteiger partial charge in [0.2, 0.25) is 11.8 Å². The first-order valence-electron chi connectivity index (χ1n) is 11.7. The van der Waals surface area contributed by atoms with Crippen molar-refractivity contribution in [2.75, 3.05) is 5.75 Å². The van der Waals surface area contributed by atoms with Crippen molar-refractivity contribution < 1.29 is 9.59 Å². The first-order chi connectivity index (χ1) is 16.6. The van der Waals surface area contributed by atoms with Crippen LogP contribution in [0.1, 0.15) is 37.5 Å². The topological polar surface area (TPSA) is 49.4 Å². The predicted octanol–water partition coefficient (Wildman–Crippen LogP) is 6.30. The predicted molar refractivity (Wildman–Crippen MR) is 146 cm³/mol. The summed E-state index contributed by atoms with van der Waals surface area (Å²) in [4.78, 5) is 29.9. The third kappa shape index (κ3) is 8.75. The molecule has 3 aromatic rings. The highest BCUT2D eigenvalue weighted by atomic mass is 35.5. The Morgan fingerprint density at radius 3 is 2.14 bits per heavy atom. The zero-order chi connectivity index (χ0) is 25.4. The molecule has 35 heavy (non-hydrogen) atoms. The summed E-state index contributed by atoms with van der Waals surface area (Å²) in [5, 5.41) is 3.72. The molecule has 0 aromatic heterocycles. The van der Waals surface area contributed by atoms with Crippen molar-refractivity contribution in [3.05, 3.63) is 101 Å². The molecule has 0 spiro atoms. The van der Waals surface area contributed by atoms with Crippen LogP contribution in [0.4, 0.5) is 0 Å². The molecule has 1 N–H and O–H groups in total. The monoisotopic (exact) mass is 508 g/mol. The summed E-state index contributed by atoms with van der Waals surface area (Å²) in [5.74, 6) is -0.00963. The molecule has 184 valence electrons. The van der Waals surface area contributed by atoms with Crippen LogP contribution in [0, 0.1) is 6.92 Å². The number of carbonyl (C=O) groups is 2. The van der Waals surface area contributed by atoms with Crippen LogP contribution in [0.25, 0.3) is 0 Å². The summed E-state index contributed by atoms with van der Waals surface area (Å²) in [6, 6.07) is 24.7. The van der Waals surface area contributed by atoms with Gasteiger partial charge in [0.15, 0.2) is 0 Å². The van der Waals surface area contributed by atoms with Crippen LogP contribution < -0.4 is 5.32 Å². The number of nitrogens with one attached hydrogen (secondary N) is 1. The van der Waals surface area contributed by atoms with Crippen molar-refractivity contribution in [1.82, 2.24) is 10.2 Å². The lowest BCUT2D eigenvalue weighted by atomic mass is 10.0. The number of thioether (sulfide) groups is 1. The van der Waals surface area contributed by atoms with Crippen LogP contribution in [0.15, 0.2) is 83.8 Å². The van der Waals surface area contributed by atoms with Gasteiger partial charge < -0.3 is 10.2 Å². The second-order valence-electron chi connectivity index (χ2n) is 9.69. The maximum atomic E-state index is 13.7. The zero-order valence-corrected chi connectivity index (χ0v) is 22.3. The van der Waals surface area contributed by atoms with Gasteiger partial charge in [0.05, 0.1) is 5.75 Å². The van der Waals surface area contributed by atoms with E-state index in [1.54, 1.807) is 4.90 Å². The van der Waals surface area contributed by atoms with Crippen LogP contribution in [0.5, 0.6) is 0 Å². The van der Waals surface area contributed by atoms with Crippen LogP contribution in [0.2, 0.25) is 5.02 Å². The summed E-state index contributed by atoms with van der Waals surface area (Å²) >= 11 is 7.57. The molecule has 0 fully saturated rings. The van der Waals surface area contributed by atoms with E-state index >= 15 is 0 Å². The number of nitrogens with zero attached hydrogens (tertiary/aromatic N) is 1. The fourth-order valence-electron chi connectivity index (χ4n) is 3.66. The second kappa shape index (κ2) is 12.3. The van der Waals surface area contributed by atoms with Gasteiger partial charge in [-0.25, -0.2) is 0 Å². The Bertz CT molecular complexity index is 1110. The molecule has 1 atom stereocenters. The van der Waals surface area contributed by atoms with E-state index in [2.05, 4.69) is 5.32 Å². The number of amides is 2. The van der Waals surface area contributed by atoms with Gasteiger partial charge in [-0.15, -0.1) is 11.8 Å². The van der Waals surface area contributed by atoms with Gasteiger partial charge >= 0.3 is 0 Å². The van der Waals surface area contributed by atoms with Crippen LogP contribution in [0.3, 0.4) is 0 Å². The minimum atomic E-state index is -0.654. The zero-order valence-electron chi connectivity index (χ0n) is 20.8. The molecule has 0 aliphatic carbocycles. The molecule has 0 aliphatic heterocycles. The van der Waals surface area contributed by atoms with E-state index in [4.69, 9.17) is 11.6 Å². The Morgan fingerprint density at radius 2 is 1.54 bits per heavy atom. The highest BCUT2D eigenvalue weighted by Crippen LogP contribution is 2.22. The molecule has 0 saturated carbocycles. The van der Waals surface area contributed by atoms with Gasteiger partial charge in [-0.1, -0.05) is 71.8 Å². The Hall–Kier alpha value is -2.76. The molecule has 0 radical (unpaired) electrons. The minimum Gasteiger partial charge on any atom is -0.350 e. The van der Waals surface area contributed by atoms with E-state index in [1.807, 2.05) is 107 Å². The quantitative estimate of drug-likeness (QED) is 0.345. The van der Waals surface area contributed by atoms with E-state index in [0.717, 1.165) is 16.0 Å². The summed E-state index contributed by atoms with van der Waals surface area (Å²) in [6.07, 6.45) is 0.428. The molecule has 6 heteroatoms. The lowest BCUT2D eigenvalue weighted by Crippen LogP contribution is -2.54. The maximum absolute atomic E-state index is 13.7. The number of hydrogen-bond donors (Lipinski definition) is 1. The largest absolute Gasteiger partial charge is 0.350 e. The normalized spacial score (nSPS) is 12.1. The average Bonchev–Trinajstić information content (AvgIpc) is 2.81. The van der Waals surface area contributed by atoms with E-state index in [0.29, 0.717) is 18.0 Å². The smallest absolute Gasteiger partial charge is 0.243 e. The fraction of sp³-hybridized carbons (Fsp3) is 0.310. The summed E-state index contributed by atoms with van der Waals surface area (Å²) < 4.78 is 0. The molecular weight excluding hydrogens is 476 g/mol.